The Morgan fingerprint density at radius 3 is 2.42 bits per heavy atom. The lowest BCUT2D eigenvalue weighted by atomic mass is 9.97. The predicted octanol–water partition coefficient (Wildman–Crippen LogP) is 5.95. The highest BCUT2D eigenvalue weighted by Gasteiger charge is 2.45. The minimum atomic E-state index is -3.09. The summed E-state index contributed by atoms with van der Waals surface area (Å²) < 4.78 is 75.9. The topological polar surface area (TPSA) is 64.4 Å². The van der Waals surface area contributed by atoms with Crippen molar-refractivity contribution in [2.24, 2.45) is 0 Å². The van der Waals surface area contributed by atoms with Gasteiger partial charge in [0, 0.05) is 29.9 Å². The number of hydrogen-bond donors (Lipinski definition) is 0. The van der Waals surface area contributed by atoms with Gasteiger partial charge in [-0.15, -0.1) is 0 Å². The Balaban J connectivity index is 1.57. The minimum absolute atomic E-state index is 0.100. The molecule has 0 N–H and O–H groups in total. The second-order valence-electron chi connectivity index (χ2n) is 9.96. The van der Waals surface area contributed by atoms with E-state index in [9.17, 15) is 18.1 Å². The smallest absolute Gasteiger partial charge is 0.387 e. The summed E-state index contributed by atoms with van der Waals surface area (Å²) in [5, 5.41) is 0.100. The average Bonchev–Trinajstić information content (AvgIpc) is 3.35. The van der Waals surface area contributed by atoms with Gasteiger partial charge in [-0.25, -0.2) is 13.8 Å². The van der Waals surface area contributed by atoms with E-state index >= 15 is 8.78 Å². The maximum atomic E-state index is 15.1. The van der Waals surface area contributed by atoms with Gasteiger partial charge in [-0.3, -0.25) is 4.79 Å². The van der Waals surface area contributed by atoms with E-state index in [4.69, 9.17) is 9.72 Å². The van der Waals surface area contributed by atoms with Crippen molar-refractivity contribution in [3.63, 3.8) is 0 Å². The van der Waals surface area contributed by atoms with Gasteiger partial charge < -0.3 is 18.8 Å². The lowest BCUT2D eigenvalue weighted by molar-refractivity contribution is -0.0507. The minimum Gasteiger partial charge on any atom is -0.434 e. The van der Waals surface area contributed by atoms with Crippen LogP contribution < -0.4 is 10.0 Å². The molecule has 1 amide bonds. The van der Waals surface area contributed by atoms with E-state index in [-0.39, 0.29) is 33.7 Å². The van der Waals surface area contributed by atoms with Crippen LogP contribution in [0.4, 0.5) is 17.6 Å². The number of ether oxygens (including phenoxy) is 1. The number of amides is 1. The summed E-state index contributed by atoms with van der Waals surface area (Å²) in [5.41, 5.74) is 1.60. The lowest BCUT2D eigenvalue weighted by Gasteiger charge is -2.24. The number of carbonyl (C=O) groups is 1. The van der Waals surface area contributed by atoms with E-state index in [2.05, 4.69) is 0 Å². The molecule has 1 aromatic heterocycles. The van der Waals surface area contributed by atoms with Crippen molar-refractivity contribution < 1.29 is 31.7 Å². The van der Waals surface area contributed by atoms with Crippen LogP contribution in [0.15, 0.2) is 48.5 Å². The van der Waals surface area contributed by atoms with Gasteiger partial charge in [-0.2, -0.15) is 8.78 Å². The van der Waals surface area contributed by atoms with Crippen LogP contribution in [-0.2, 0) is 4.57 Å². The highest BCUT2D eigenvalue weighted by molar-refractivity contribution is 7.70. The normalized spacial score (nSPS) is 18.6. The molecule has 3 aromatic carbocycles. The first-order chi connectivity index (χ1) is 18.0. The molecule has 6 nitrogen and oxygen atoms in total. The summed E-state index contributed by atoms with van der Waals surface area (Å²) in [7, 11) is -1.26. The van der Waals surface area contributed by atoms with Gasteiger partial charge in [0.05, 0.1) is 28.7 Å². The van der Waals surface area contributed by atoms with Crippen molar-refractivity contribution in [2.45, 2.75) is 25.1 Å². The molecule has 0 unspecified atom stereocenters. The van der Waals surface area contributed by atoms with Gasteiger partial charge in [0.2, 0.25) is 0 Å². The molecule has 2 aliphatic heterocycles. The van der Waals surface area contributed by atoms with Crippen LogP contribution in [0.25, 0.3) is 22.2 Å². The highest BCUT2D eigenvalue weighted by atomic mass is 31.2. The molecule has 196 valence electrons. The summed E-state index contributed by atoms with van der Waals surface area (Å²) in [6, 6.07) is 10.4. The fourth-order valence-corrected chi connectivity index (χ4v) is 6.43. The van der Waals surface area contributed by atoms with E-state index in [0.717, 1.165) is 12.1 Å². The second-order valence-corrected chi connectivity index (χ2v) is 13.2. The van der Waals surface area contributed by atoms with Crippen molar-refractivity contribution in [3.8, 4) is 16.9 Å². The third kappa shape index (κ3) is 3.65. The Morgan fingerprint density at radius 2 is 1.76 bits per heavy atom. The van der Waals surface area contributed by atoms with Crippen molar-refractivity contribution in [2.75, 3.05) is 20.4 Å². The predicted molar refractivity (Wildman–Crippen MR) is 135 cm³/mol. The summed E-state index contributed by atoms with van der Waals surface area (Å²) in [6.07, 6.45) is 0.376. The number of nitrogens with zero attached hydrogens (tertiary/aromatic N) is 3. The number of rotatable bonds is 4. The Labute approximate surface area is 215 Å². The van der Waals surface area contributed by atoms with Gasteiger partial charge in [0.25, 0.3) is 5.91 Å². The molecule has 6 rings (SSSR count). The summed E-state index contributed by atoms with van der Waals surface area (Å²) >= 11 is 0. The largest absolute Gasteiger partial charge is 0.434 e. The van der Waals surface area contributed by atoms with E-state index in [1.54, 1.807) is 31.3 Å². The first kappa shape index (κ1) is 24.7. The van der Waals surface area contributed by atoms with E-state index in [0.29, 0.717) is 28.8 Å². The van der Waals surface area contributed by atoms with Gasteiger partial charge in [-0.1, -0.05) is 12.1 Å². The van der Waals surface area contributed by atoms with Crippen LogP contribution in [0.5, 0.6) is 5.75 Å². The SMILES string of the molecule is CN1C(=O)c2cccc(OC(F)F)c2[C@H]2C[C@@H]1c1nc3ccc(-c4c(F)cc(P(C)(C)=O)cc4F)cc3n12. The summed E-state index contributed by atoms with van der Waals surface area (Å²) in [4.78, 5) is 19.5. The molecule has 2 aliphatic rings. The Bertz CT molecular complexity index is 1670. The molecule has 0 radical (unpaired) electrons. The Morgan fingerprint density at radius 1 is 1.05 bits per heavy atom. The molecule has 0 saturated carbocycles. The first-order valence-corrected chi connectivity index (χ1v) is 14.5. The quantitative estimate of drug-likeness (QED) is 0.236. The van der Waals surface area contributed by atoms with Gasteiger partial charge in [0.1, 0.15) is 30.4 Å². The van der Waals surface area contributed by atoms with E-state index in [1.807, 2.05) is 4.57 Å². The Kier molecular flexibility index (Phi) is 5.47. The molecule has 0 aliphatic carbocycles. The molecule has 0 saturated heterocycles. The molecule has 38 heavy (non-hydrogen) atoms. The molecule has 4 aromatic rings. The zero-order valence-corrected chi connectivity index (χ0v) is 21.5. The number of halogens is 4. The third-order valence-corrected chi connectivity index (χ3v) is 8.85. The van der Waals surface area contributed by atoms with Crippen LogP contribution in [0, 0.1) is 11.6 Å². The van der Waals surface area contributed by atoms with Gasteiger partial charge in [0.15, 0.2) is 0 Å². The number of alkyl halides is 2. The zero-order valence-electron chi connectivity index (χ0n) is 20.6. The maximum Gasteiger partial charge on any atom is 0.387 e. The van der Waals surface area contributed by atoms with Gasteiger partial charge >= 0.3 is 6.61 Å². The van der Waals surface area contributed by atoms with Crippen molar-refractivity contribution in [1.82, 2.24) is 14.5 Å². The van der Waals surface area contributed by atoms with Crippen LogP contribution >= 0.6 is 7.14 Å². The van der Waals surface area contributed by atoms with Crippen molar-refractivity contribution in [3.05, 3.63) is 77.1 Å². The molecule has 0 spiro atoms. The van der Waals surface area contributed by atoms with E-state index < -0.39 is 37.5 Å². The van der Waals surface area contributed by atoms with Gasteiger partial charge in [-0.05, 0) is 55.3 Å². The lowest BCUT2D eigenvalue weighted by Crippen LogP contribution is -2.30. The second kappa shape index (κ2) is 8.43. The standard InChI is InChI=1S/C27H22F4N3O3P/c1-33-21-12-20(24-15(26(33)35)5-4-6-22(24)37-27(30)31)34-19-9-13(7-8-18(19)32-25(21)34)23-16(28)10-14(11-17(23)29)38(2,3)36/h4-11,20-21,27H,12H2,1-3H3/t20-,21-/m1/s1. The van der Waals surface area contributed by atoms with Crippen molar-refractivity contribution in [1.29, 1.82) is 0 Å². The van der Waals surface area contributed by atoms with Crippen LogP contribution in [0.2, 0.25) is 0 Å². The first-order valence-electron chi connectivity index (χ1n) is 11.9. The van der Waals surface area contributed by atoms with Crippen LogP contribution in [-0.4, -0.2) is 47.3 Å². The Hall–Kier alpha value is -3.65. The van der Waals surface area contributed by atoms with Crippen LogP contribution in [0.3, 0.4) is 0 Å². The molecule has 0 fully saturated rings. The van der Waals surface area contributed by atoms with Crippen LogP contribution in [0.1, 0.15) is 40.3 Å². The zero-order chi connectivity index (χ0) is 27.1. The number of benzene rings is 3. The third-order valence-electron chi connectivity index (χ3n) is 7.34. The summed E-state index contributed by atoms with van der Waals surface area (Å²) in [5.74, 6) is -1.58. The maximum absolute atomic E-state index is 15.1. The molecule has 2 bridgehead atoms. The number of aromatic nitrogens is 2. The molecular weight excluding hydrogens is 521 g/mol. The highest BCUT2D eigenvalue weighted by Crippen LogP contribution is 2.50. The van der Waals surface area contributed by atoms with Crippen molar-refractivity contribution >= 4 is 29.4 Å². The monoisotopic (exact) mass is 543 g/mol. The number of fused-ring (bicyclic) bond motifs is 9. The summed E-state index contributed by atoms with van der Waals surface area (Å²) in [6.45, 7) is -0.209. The number of imidazole rings is 1. The molecule has 2 atom stereocenters. The molecular formula is C27H22F4N3O3P. The average molecular weight is 543 g/mol. The number of carbonyl (C=O) groups excluding carboxylic acids is 1. The molecule has 11 heteroatoms. The number of hydrogen-bond acceptors (Lipinski definition) is 4. The fraction of sp³-hybridized carbons (Fsp3) is 0.259. The molecule has 3 heterocycles. The fourth-order valence-electron chi connectivity index (χ4n) is 5.58. The van der Waals surface area contributed by atoms with E-state index in [1.165, 1.54) is 30.4 Å².